The molecule has 1 fully saturated rings. The summed E-state index contributed by atoms with van der Waals surface area (Å²) in [6.45, 7) is 1.64. The molecule has 1 aliphatic rings. The van der Waals surface area contributed by atoms with Gasteiger partial charge in [0.1, 0.15) is 5.69 Å². The number of carbonyl (C=O) groups excluding carboxylic acids is 1. The summed E-state index contributed by atoms with van der Waals surface area (Å²) in [6.07, 6.45) is 1.49. The Balaban J connectivity index is 1.81. The molecule has 0 radical (unpaired) electrons. The summed E-state index contributed by atoms with van der Waals surface area (Å²) in [5.74, 6) is -0.371. The molecular formula is C17H17N5O6. The van der Waals surface area contributed by atoms with Crippen LogP contribution in [0, 0.1) is 20.2 Å². The molecule has 0 atom stereocenters. The summed E-state index contributed by atoms with van der Waals surface area (Å²) >= 11 is 0. The number of rotatable bonds is 5. The monoisotopic (exact) mass is 387 g/mol. The van der Waals surface area contributed by atoms with Gasteiger partial charge in [-0.25, -0.2) is 9.78 Å². The highest BCUT2D eigenvalue weighted by molar-refractivity contribution is 5.91. The van der Waals surface area contributed by atoms with Crippen molar-refractivity contribution in [3.8, 4) is 0 Å². The summed E-state index contributed by atoms with van der Waals surface area (Å²) in [5, 5.41) is 22.7. The molecule has 1 saturated heterocycles. The van der Waals surface area contributed by atoms with Crippen molar-refractivity contribution in [1.82, 2.24) is 4.98 Å². The van der Waals surface area contributed by atoms with Crippen molar-refractivity contribution >= 4 is 28.8 Å². The number of hydrogen-bond donors (Lipinski definition) is 0. The smallest absolute Gasteiger partial charge is 0.338 e. The number of ether oxygens (including phenoxy) is 1. The van der Waals surface area contributed by atoms with Crippen LogP contribution in [0.25, 0.3) is 0 Å². The van der Waals surface area contributed by atoms with Crippen molar-refractivity contribution in [3.63, 3.8) is 0 Å². The molecule has 146 valence electrons. The van der Waals surface area contributed by atoms with Gasteiger partial charge in [-0.05, 0) is 18.2 Å². The molecule has 0 spiro atoms. The van der Waals surface area contributed by atoms with Gasteiger partial charge in [0, 0.05) is 44.5 Å². The number of nitrogens with zero attached hydrogens (tertiary/aromatic N) is 5. The van der Waals surface area contributed by atoms with Gasteiger partial charge in [-0.3, -0.25) is 20.2 Å². The van der Waals surface area contributed by atoms with Crippen molar-refractivity contribution < 1.29 is 19.4 Å². The third-order valence-corrected chi connectivity index (χ3v) is 4.48. The maximum atomic E-state index is 11.6. The zero-order chi connectivity index (χ0) is 20.3. The van der Waals surface area contributed by atoms with Crippen LogP contribution < -0.4 is 9.80 Å². The van der Waals surface area contributed by atoms with Crippen LogP contribution in [0.4, 0.5) is 22.9 Å². The van der Waals surface area contributed by atoms with Gasteiger partial charge in [0.25, 0.3) is 5.69 Å². The lowest BCUT2D eigenvalue weighted by Crippen LogP contribution is -2.47. The molecule has 11 nitrogen and oxygen atoms in total. The van der Waals surface area contributed by atoms with Crippen molar-refractivity contribution in [2.75, 3.05) is 43.1 Å². The lowest BCUT2D eigenvalue weighted by Gasteiger charge is -2.36. The van der Waals surface area contributed by atoms with Crippen LogP contribution in [0.1, 0.15) is 10.4 Å². The second kappa shape index (κ2) is 7.86. The van der Waals surface area contributed by atoms with E-state index in [9.17, 15) is 25.0 Å². The minimum absolute atomic E-state index is 0.0793. The average Bonchev–Trinajstić information content (AvgIpc) is 2.72. The predicted octanol–water partition coefficient (Wildman–Crippen LogP) is 2.01. The van der Waals surface area contributed by atoms with E-state index in [1.165, 1.54) is 43.6 Å². The summed E-state index contributed by atoms with van der Waals surface area (Å²) in [7, 11) is 1.21. The number of pyridine rings is 1. The number of esters is 1. The molecule has 1 aliphatic heterocycles. The zero-order valence-electron chi connectivity index (χ0n) is 15.0. The van der Waals surface area contributed by atoms with E-state index in [1.54, 1.807) is 4.90 Å². The Bertz CT molecular complexity index is 926. The normalized spacial score (nSPS) is 13.9. The Morgan fingerprint density at radius 2 is 1.68 bits per heavy atom. The van der Waals surface area contributed by atoms with Gasteiger partial charge in [-0.1, -0.05) is 0 Å². The fraction of sp³-hybridized carbons (Fsp3) is 0.294. The summed E-state index contributed by atoms with van der Waals surface area (Å²) in [5.41, 5.74) is 0.207. The Morgan fingerprint density at radius 3 is 2.29 bits per heavy atom. The highest BCUT2D eigenvalue weighted by Crippen LogP contribution is 2.32. The SMILES string of the molecule is COC(=O)c1ccc(N2CCN(c3ncccc3[N+](=O)[O-])CC2)c([N+](=O)[O-])c1. The molecule has 1 aromatic heterocycles. The zero-order valence-corrected chi connectivity index (χ0v) is 15.0. The van der Waals surface area contributed by atoms with Crippen LogP contribution in [0.5, 0.6) is 0 Å². The Morgan fingerprint density at radius 1 is 1.04 bits per heavy atom. The van der Waals surface area contributed by atoms with Gasteiger partial charge in [-0.15, -0.1) is 0 Å². The molecule has 1 aromatic carbocycles. The second-order valence-electron chi connectivity index (χ2n) is 6.03. The van der Waals surface area contributed by atoms with Crippen molar-refractivity contribution in [2.24, 2.45) is 0 Å². The molecule has 0 bridgehead atoms. The number of nitro groups is 2. The average molecular weight is 387 g/mol. The number of nitro benzene ring substituents is 1. The standard InChI is InChI=1S/C17H17N5O6/c1-28-17(23)12-4-5-13(15(11-12)22(26)27)19-7-9-20(10-8-19)16-14(21(24)25)3-2-6-18-16/h2-6,11H,7-10H2,1H3. The van der Waals surface area contributed by atoms with Gasteiger partial charge in [-0.2, -0.15) is 0 Å². The summed E-state index contributed by atoms with van der Waals surface area (Å²) in [4.78, 5) is 41.0. The van der Waals surface area contributed by atoms with E-state index in [2.05, 4.69) is 9.72 Å². The minimum atomic E-state index is -0.651. The molecule has 11 heteroatoms. The molecule has 0 aliphatic carbocycles. The molecule has 28 heavy (non-hydrogen) atoms. The fourth-order valence-electron chi connectivity index (χ4n) is 3.12. The van der Waals surface area contributed by atoms with Crippen LogP contribution in [0.3, 0.4) is 0 Å². The van der Waals surface area contributed by atoms with Crippen molar-refractivity contribution in [3.05, 3.63) is 62.3 Å². The second-order valence-corrected chi connectivity index (χ2v) is 6.03. The number of benzene rings is 1. The largest absolute Gasteiger partial charge is 0.465 e. The van der Waals surface area contributed by atoms with Gasteiger partial charge in [0.05, 0.1) is 22.5 Å². The molecule has 0 amide bonds. The molecule has 0 unspecified atom stereocenters. The van der Waals surface area contributed by atoms with E-state index < -0.39 is 15.8 Å². The first kappa shape index (κ1) is 19.0. The summed E-state index contributed by atoms with van der Waals surface area (Å²) < 4.78 is 4.61. The first-order chi connectivity index (χ1) is 13.4. The minimum Gasteiger partial charge on any atom is -0.465 e. The van der Waals surface area contributed by atoms with E-state index in [0.717, 1.165) is 0 Å². The molecule has 0 saturated carbocycles. The number of methoxy groups -OCH3 is 1. The predicted molar refractivity (Wildman–Crippen MR) is 99.8 cm³/mol. The Hall–Kier alpha value is -3.76. The highest BCUT2D eigenvalue weighted by Gasteiger charge is 2.28. The van der Waals surface area contributed by atoms with Crippen LogP contribution in [-0.4, -0.2) is 54.1 Å². The number of piperazine rings is 1. The first-order valence-corrected chi connectivity index (χ1v) is 8.38. The Labute approximate surface area is 159 Å². The van der Waals surface area contributed by atoms with E-state index in [-0.39, 0.29) is 22.8 Å². The molecule has 3 rings (SSSR count). The van der Waals surface area contributed by atoms with Crippen LogP contribution in [0.15, 0.2) is 36.5 Å². The van der Waals surface area contributed by atoms with E-state index >= 15 is 0 Å². The molecule has 2 aromatic rings. The van der Waals surface area contributed by atoms with E-state index in [1.807, 2.05) is 4.90 Å². The van der Waals surface area contributed by atoms with Crippen molar-refractivity contribution in [1.29, 1.82) is 0 Å². The fourth-order valence-corrected chi connectivity index (χ4v) is 3.12. The van der Waals surface area contributed by atoms with Gasteiger partial charge >= 0.3 is 11.7 Å². The van der Waals surface area contributed by atoms with Gasteiger partial charge < -0.3 is 14.5 Å². The van der Waals surface area contributed by atoms with Gasteiger partial charge in [0.15, 0.2) is 0 Å². The topological polar surface area (TPSA) is 132 Å². The third kappa shape index (κ3) is 3.68. The quantitative estimate of drug-likeness (QED) is 0.429. The summed E-state index contributed by atoms with van der Waals surface area (Å²) in [6, 6.07) is 7.08. The third-order valence-electron chi connectivity index (χ3n) is 4.48. The van der Waals surface area contributed by atoms with Crippen LogP contribution >= 0.6 is 0 Å². The lowest BCUT2D eigenvalue weighted by molar-refractivity contribution is -0.384. The highest BCUT2D eigenvalue weighted by atomic mass is 16.6. The van der Waals surface area contributed by atoms with Crippen LogP contribution in [0.2, 0.25) is 0 Å². The molecule has 2 heterocycles. The van der Waals surface area contributed by atoms with Crippen molar-refractivity contribution in [2.45, 2.75) is 0 Å². The van der Waals surface area contributed by atoms with E-state index in [0.29, 0.717) is 31.9 Å². The maximum Gasteiger partial charge on any atom is 0.338 e. The maximum absolute atomic E-state index is 11.6. The molecule has 0 N–H and O–H groups in total. The number of carbonyl (C=O) groups is 1. The lowest BCUT2D eigenvalue weighted by atomic mass is 10.1. The van der Waals surface area contributed by atoms with Crippen LogP contribution in [-0.2, 0) is 4.74 Å². The van der Waals surface area contributed by atoms with E-state index in [4.69, 9.17) is 0 Å². The van der Waals surface area contributed by atoms with Gasteiger partial charge in [0.2, 0.25) is 5.82 Å². The number of aromatic nitrogens is 1. The first-order valence-electron chi connectivity index (χ1n) is 8.38. The number of anilines is 2. The Kier molecular flexibility index (Phi) is 5.34. The molecular weight excluding hydrogens is 370 g/mol. The number of hydrogen-bond acceptors (Lipinski definition) is 9.